The number of rotatable bonds is 6. The molecule has 4 aromatic rings. The van der Waals surface area contributed by atoms with Crippen molar-refractivity contribution >= 4 is 44.4 Å². The highest BCUT2D eigenvalue weighted by Crippen LogP contribution is 2.31. The fraction of sp³-hybridized carbons (Fsp3) is 0.0909. The Bertz CT molecular complexity index is 1080. The van der Waals surface area contributed by atoms with Gasteiger partial charge in [0.05, 0.1) is 22.5 Å². The Balaban J connectivity index is 1.61. The summed E-state index contributed by atoms with van der Waals surface area (Å²) in [7, 11) is 0. The third kappa shape index (κ3) is 4.40. The van der Waals surface area contributed by atoms with E-state index in [0.717, 1.165) is 15.2 Å². The van der Waals surface area contributed by atoms with Gasteiger partial charge in [-0.15, -0.1) is 11.8 Å². The molecule has 3 nitrogen and oxygen atoms in total. The van der Waals surface area contributed by atoms with Gasteiger partial charge in [-0.2, -0.15) is 0 Å². The zero-order chi connectivity index (χ0) is 19.3. The second kappa shape index (κ2) is 8.54. The van der Waals surface area contributed by atoms with E-state index in [1.54, 1.807) is 11.0 Å². The number of anilines is 1. The van der Waals surface area contributed by atoms with Crippen LogP contribution in [-0.2, 0) is 11.3 Å². The highest BCUT2D eigenvalue weighted by atomic mass is 32.2. The van der Waals surface area contributed by atoms with Gasteiger partial charge in [-0.05, 0) is 35.9 Å². The molecule has 0 unspecified atom stereocenters. The zero-order valence-electron chi connectivity index (χ0n) is 14.9. The van der Waals surface area contributed by atoms with Crippen molar-refractivity contribution in [3.05, 3.63) is 90.2 Å². The average molecular weight is 409 g/mol. The van der Waals surface area contributed by atoms with Gasteiger partial charge < -0.3 is 0 Å². The summed E-state index contributed by atoms with van der Waals surface area (Å²) in [4.78, 5) is 20.4. The maximum atomic E-state index is 13.6. The van der Waals surface area contributed by atoms with E-state index in [0.29, 0.717) is 22.9 Å². The Hall–Kier alpha value is -2.70. The first-order valence-corrected chi connectivity index (χ1v) is 10.6. The van der Waals surface area contributed by atoms with Crippen LogP contribution in [-0.4, -0.2) is 16.6 Å². The minimum absolute atomic E-state index is 0.0303. The maximum Gasteiger partial charge on any atom is 0.239 e. The molecular formula is C22H17FN2OS2. The minimum Gasteiger partial charge on any atom is -0.283 e. The van der Waals surface area contributed by atoms with Crippen LogP contribution in [0.5, 0.6) is 0 Å². The molecule has 0 bridgehead atoms. The summed E-state index contributed by atoms with van der Waals surface area (Å²) in [6.07, 6.45) is 0. The number of nitrogens with zero attached hydrogens (tertiary/aromatic N) is 2. The van der Waals surface area contributed by atoms with Crippen LogP contribution in [0.1, 0.15) is 5.56 Å². The molecule has 1 heterocycles. The van der Waals surface area contributed by atoms with Crippen LogP contribution in [0.4, 0.5) is 9.52 Å². The van der Waals surface area contributed by atoms with Crippen molar-refractivity contribution in [1.29, 1.82) is 0 Å². The lowest BCUT2D eigenvalue weighted by atomic mass is 10.2. The number of fused-ring (bicyclic) bond motifs is 1. The Kier molecular flexibility index (Phi) is 5.69. The molecule has 1 amide bonds. The highest BCUT2D eigenvalue weighted by molar-refractivity contribution is 8.00. The topological polar surface area (TPSA) is 33.2 Å². The second-order valence-electron chi connectivity index (χ2n) is 6.18. The SMILES string of the molecule is O=C(CSc1ccccc1)N(Cc1ccccc1)c1nc2ccc(F)cc2s1. The van der Waals surface area contributed by atoms with Crippen LogP contribution >= 0.6 is 23.1 Å². The van der Waals surface area contributed by atoms with Crippen molar-refractivity contribution in [1.82, 2.24) is 4.98 Å². The molecule has 0 aliphatic heterocycles. The smallest absolute Gasteiger partial charge is 0.239 e. The molecule has 3 aromatic carbocycles. The van der Waals surface area contributed by atoms with E-state index >= 15 is 0 Å². The molecule has 0 fully saturated rings. The Morgan fingerprint density at radius 3 is 2.46 bits per heavy atom. The van der Waals surface area contributed by atoms with Gasteiger partial charge in [0.2, 0.25) is 5.91 Å². The fourth-order valence-corrected chi connectivity index (χ4v) is 4.57. The molecule has 28 heavy (non-hydrogen) atoms. The third-order valence-electron chi connectivity index (χ3n) is 4.16. The lowest BCUT2D eigenvalue weighted by molar-refractivity contribution is -0.116. The predicted molar refractivity (Wildman–Crippen MR) is 114 cm³/mol. The number of aromatic nitrogens is 1. The monoisotopic (exact) mass is 408 g/mol. The van der Waals surface area contributed by atoms with Crippen LogP contribution in [0.3, 0.4) is 0 Å². The molecule has 1 aromatic heterocycles. The van der Waals surface area contributed by atoms with E-state index in [1.165, 1.54) is 35.2 Å². The number of benzene rings is 3. The summed E-state index contributed by atoms with van der Waals surface area (Å²) < 4.78 is 14.3. The molecule has 140 valence electrons. The maximum absolute atomic E-state index is 13.6. The summed E-state index contributed by atoms with van der Waals surface area (Å²) in [6.45, 7) is 0.428. The largest absolute Gasteiger partial charge is 0.283 e. The van der Waals surface area contributed by atoms with Gasteiger partial charge in [0.25, 0.3) is 0 Å². The lowest BCUT2D eigenvalue weighted by Gasteiger charge is -2.20. The van der Waals surface area contributed by atoms with Crippen molar-refractivity contribution in [2.24, 2.45) is 0 Å². The van der Waals surface area contributed by atoms with Crippen molar-refractivity contribution in [2.45, 2.75) is 11.4 Å². The first-order chi connectivity index (χ1) is 13.7. The van der Waals surface area contributed by atoms with Gasteiger partial charge in [0.1, 0.15) is 5.82 Å². The standard InChI is InChI=1S/C22H17FN2OS2/c23-17-11-12-19-20(13-17)28-22(24-19)25(14-16-7-3-1-4-8-16)21(26)15-27-18-9-5-2-6-10-18/h1-13H,14-15H2. The molecule has 4 rings (SSSR count). The van der Waals surface area contributed by atoms with Gasteiger partial charge >= 0.3 is 0 Å². The Labute approximate surface area is 170 Å². The van der Waals surface area contributed by atoms with Crippen molar-refractivity contribution in [3.8, 4) is 0 Å². The predicted octanol–water partition coefficient (Wildman–Crippen LogP) is 5.76. The van der Waals surface area contributed by atoms with E-state index in [-0.39, 0.29) is 11.7 Å². The van der Waals surface area contributed by atoms with Gasteiger partial charge in [0.15, 0.2) is 5.13 Å². The summed E-state index contributed by atoms with van der Waals surface area (Å²) in [6, 6.07) is 24.1. The third-order valence-corrected chi connectivity index (χ3v) is 6.20. The summed E-state index contributed by atoms with van der Waals surface area (Å²) in [5.74, 6) is -0.0262. The molecule has 6 heteroatoms. The van der Waals surface area contributed by atoms with Crippen molar-refractivity contribution in [3.63, 3.8) is 0 Å². The molecule has 0 atom stereocenters. The first kappa shape index (κ1) is 18.7. The molecular weight excluding hydrogens is 391 g/mol. The van der Waals surface area contributed by atoms with E-state index < -0.39 is 0 Å². The number of carbonyl (C=O) groups excluding carboxylic acids is 1. The molecule has 0 radical (unpaired) electrons. The lowest BCUT2D eigenvalue weighted by Crippen LogP contribution is -2.31. The summed E-state index contributed by atoms with van der Waals surface area (Å²) in [5, 5.41) is 0.586. The average Bonchev–Trinajstić information content (AvgIpc) is 3.14. The molecule has 0 saturated carbocycles. The Morgan fingerprint density at radius 1 is 1.00 bits per heavy atom. The number of amides is 1. The van der Waals surface area contributed by atoms with Gasteiger partial charge in [-0.3, -0.25) is 9.69 Å². The van der Waals surface area contributed by atoms with E-state index in [9.17, 15) is 9.18 Å². The van der Waals surface area contributed by atoms with Gasteiger partial charge in [-0.1, -0.05) is 59.9 Å². The normalized spacial score (nSPS) is 10.9. The van der Waals surface area contributed by atoms with E-state index in [4.69, 9.17) is 0 Å². The highest BCUT2D eigenvalue weighted by Gasteiger charge is 2.20. The van der Waals surface area contributed by atoms with Crippen LogP contribution in [0.15, 0.2) is 83.8 Å². The van der Waals surface area contributed by atoms with Crippen molar-refractivity contribution < 1.29 is 9.18 Å². The van der Waals surface area contributed by atoms with Crippen LogP contribution in [0.2, 0.25) is 0 Å². The zero-order valence-corrected chi connectivity index (χ0v) is 16.5. The number of thioether (sulfide) groups is 1. The number of hydrogen-bond acceptors (Lipinski definition) is 4. The number of thiazole rings is 1. The molecule has 0 spiro atoms. The quantitative estimate of drug-likeness (QED) is 0.380. The molecule has 0 aliphatic rings. The van der Waals surface area contributed by atoms with Gasteiger partial charge in [-0.25, -0.2) is 9.37 Å². The number of carbonyl (C=O) groups is 1. The summed E-state index contributed by atoms with van der Waals surface area (Å²) >= 11 is 2.83. The minimum atomic E-state index is -0.303. The molecule has 0 N–H and O–H groups in total. The Morgan fingerprint density at radius 2 is 1.71 bits per heavy atom. The fourth-order valence-electron chi connectivity index (χ4n) is 2.77. The van der Waals surface area contributed by atoms with Crippen LogP contribution in [0.25, 0.3) is 10.2 Å². The number of halogens is 1. The molecule has 0 aliphatic carbocycles. The second-order valence-corrected chi connectivity index (χ2v) is 8.23. The van der Waals surface area contributed by atoms with E-state index in [1.807, 2.05) is 60.7 Å². The summed E-state index contributed by atoms with van der Waals surface area (Å²) in [5.41, 5.74) is 1.72. The first-order valence-electron chi connectivity index (χ1n) is 8.77. The van der Waals surface area contributed by atoms with Crippen LogP contribution < -0.4 is 4.90 Å². The van der Waals surface area contributed by atoms with Gasteiger partial charge in [0, 0.05) is 4.90 Å². The molecule has 0 saturated heterocycles. The van der Waals surface area contributed by atoms with E-state index in [2.05, 4.69) is 4.98 Å². The van der Waals surface area contributed by atoms with Crippen LogP contribution in [0, 0.1) is 5.82 Å². The number of hydrogen-bond donors (Lipinski definition) is 0. The van der Waals surface area contributed by atoms with Crippen molar-refractivity contribution in [2.75, 3.05) is 10.7 Å².